The fraction of sp³-hybridized carbons (Fsp3) is 0.235. The molecule has 0 atom stereocenters. The highest BCUT2D eigenvalue weighted by molar-refractivity contribution is 9.10. The molecule has 1 aliphatic heterocycles. The Morgan fingerprint density at radius 1 is 1.14 bits per heavy atom. The Morgan fingerprint density at radius 2 is 1.86 bits per heavy atom. The van der Waals surface area contributed by atoms with Crippen molar-refractivity contribution in [3.05, 3.63) is 52.5 Å². The maximum atomic E-state index is 12.7. The summed E-state index contributed by atoms with van der Waals surface area (Å²) in [6.07, 6.45) is 0. The highest BCUT2D eigenvalue weighted by atomic mass is 79.9. The predicted molar refractivity (Wildman–Crippen MR) is 88.4 cm³/mol. The summed E-state index contributed by atoms with van der Waals surface area (Å²) in [5.74, 6) is 1.31. The Balaban J connectivity index is 1.86. The van der Waals surface area contributed by atoms with Crippen LogP contribution in [0.5, 0.6) is 11.5 Å². The first-order chi connectivity index (χ1) is 10.5. The number of hydrogen-bond acceptors (Lipinski definition) is 3. The average molecular weight is 362 g/mol. The van der Waals surface area contributed by atoms with Crippen LogP contribution in [0, 0.1) is 0 Å². The monoisotopic (exact) mass is 361 g/mol. The van der Waals surface area contributed by atoms with Crippen molar-refractivity contribution in [3.63, 3.8) is 0 Å². The zero-order valence-electron chi connectivity index (χ0n) is 12.4. The number of fused-ring (bicyclic) bond motifs is 1. The zero-order valence-corrected chi connectivity index (χ0v) is 13.9. The molecular weight excluding hydrogens is 346 g/mol. The second-order valence-corrected chi connectivity index (χ2v) is 6.48. The van der Waals surface area contributed by atoms with E-state index in [1.807, 2.05) is 56.3 Å². The molecule has 0 spiro atoms. The summed E-state index contributed by atoms with van der Waals surface area (Å²) >= 11 is 3.44. The summed E-state index contributed by atoms with van der Waals surface area (Å²) in [4.78, 5) is 12.7. The van der Waals surface area contributed by atoms with Crippen molar-refractivity contribution in [3.8, 4) is 11.5 Å². The fourth-order valence-electron chi connectivity index (χ4n) is 2.26. The minimum absolute atomic E-state index is 0.0849. The Kier molecular flexibility index (Phi) is 3.83. The second kappa shape index (κ2) is 5.65. The lowest BCUT2D eigenvalue weighted by atomic mass is 9.83. The van der Waals surface area contributed by atoms with Crippen LogP contribution in [0.1, 0.15) is 19.4 Å². The summed E-state index contributed by atoms with van der Waals surface area (Å²) in [6, 6.07) is 13.1. The SMILES string of the molecule is CC(C)(C(=O)Nc1ccccc1Br)c1ccc2c(c1)OCO2. The lowest BCUT2D eigenvalue weighted by Crippen LogP contribution is -2.34. The number of halogens is 1. The molecule has 0 bridgehead atoms. The van der Waals surface area contributed by atoms with Gasteiger partial charge in [0.1, 0.15) is 0 Å². The van der Waals surface area contributed by atoms with Crippen LogP contribution in [0.3, 0.4) is 0 Å². The van der Waals surface area contributed by atoms with Gasteiger partial charge in [-0.2, -0.15) is 0 Å². The van der Waals surface area contributed by atoms with Gasteiger partial charge in [0.25, 0.3) is 0 Å². The number of rotatable bonds is 3. The van der Waals surface area contributed by atoms with Gasteiger partial charge in [-0.25, -0.2) is 0 Å². The standard InChI is InChI=1S/C17H16BrNO3/c1-17(2,11-7-8-14-15(9-11)22-10-21-14)16(20)19-13-6-4-3-5-12(13)18/h3-9H,10H2,1-2H3,(H,19,20). The molecule has 2 aromatic rings. The van der Waals surface area contributed by atoms with E-state index in [-0.39, 0.29) is 12.7 Å². The van der Waals surface area contributed by atoms with Gasteiger partial charge in [0, 0.05) is 4.47 Å². The minimum atomic E-state index is -0.698. The molecule has 3 rings (SSSR count). The van der Waals surface area contributed by atoms with Crippen LogP contribution < -0.4 is 14.8 Å². The molecule has 0 saturated heterocycles. The Morgan fingerprint density at radius 3 is 2.64 bits per heavy atom. The normalized spacial score (nSPS) is 13.0. The first kappa shape index (κ1) is 14.9. The molecule has 1 amide bonds. The van der Waals surface area contributed by atoms with E-state index in [9.17, 15) is 4.79 Å². The van der Waals surface area contributed by atoms with Gasteiger partial charge in [-0.15, -0.1) is 0 Å². The van der Waals surface area contributed by atoms with Crippen molar-refractivity contribution in [2.75, 3.05) is 12.1 Å². The molecule has 4 nitrogen and oxygen atoms in total. The summed E-state index contributed by atoms with van der Waals surface area (Å²) in [7, 11) is 0. The summed E-state index contributed by atoms with van der Waals surface area (Å²) < 4.78 is 11.6. The summed E-state index contributed by atoms with van der Waals surface area (Å²) in [5.41, 5.74) is 0.929. The molecule has 1 heterocycles. The van der Waals surface area contributed by atoms with Gasteiger partial charge in [0.15, 0.2) is 11.5 Å². The number of carbonyl (C=O) groups is 1. The Labute approximate surface area is 137 Å². The lowest BCUT2D eigenvalue weighted by molar-refractivity contribution is -0.120. The maximum absolute atomic E-state index is 12.7. The molecule has 5 heteroatoms. The van der Waals surface area contributed by atoms with Crippen molar-refractivity contribution in [2.45, 2.75) is 19.3 Å². The van der Waals surface area contributed by atoms with Gasteiger partial charge in [-0.3, -0.25) is 4.79 Å². The molecule has 2 aromatic carbocycles. The molecule has 114 valence electrons. The fourth-order valence-corrected chi connectivity index (χ4v) is 2.64. The van der Waals surface area contributed by atoms with Crippen LogP contribution in [-0.4, -0.2) is 12.7 Å². The van der Waals surface area contributed by atoms with Crippen molar-refractivity contribution in [2.24, 2.45) is 0 Å². The first-order valence-corrected chi connectivity index (χ1v) is 7.74. The van der Waals surface area contributed by atoms with E-state index in [4.69, 9.17) is 9.47 Å². The molecule has 0 saturated carbocycles. The molecule has 0 unspecified atom stereocenters. The molecule has 0 fully saturated rings. The van der Waals surface area contributed by atoms with Crippen molar-refractivity contribution < 1.29 is 14.3 Å². The van der Waals surface area contributed by atoms with E-state index in [0.29, 0.717) is 11.5 Å². The molecule has 1 aliphatic rings. The maximum Gasteiger partial charge on any atom is 0.234 e. The van der Waals surface area contributed by atoms with Gasteiger partial charge in [0.05, 0.1) is 11.1 Å². The number of benzene rings is 2. The largest absolute Gasteiger partial charge is 0.454 e. The quantitative estimate of drug-likeness (QED) is 0.895. The molecule has 0 aromatic heterocycles. The highest BCUT2D eigenvalue weighted by Gasteiger charge is 2.31. The summed E-state index contributed by atoms with van der Waals surface area (Å²) in [5, 5.41) is 2.96. The van der Waals surface area contributed by atoms with Crippen LogP contribution in [-0.2, 0) is 10.2 Å². The van der Waals surface area contributed by atoms with E-state index in [1.54, 1.807) is 0 Å². The molecule has 22 heavy (non-hydrogen) atoms. The average Bonchev–Trinajstić information content (AvgIpc) is 2.97. The van der Waals surface area contributed by atoms with Crippen molar-refractivity contribution in [1.82, 2.24) is 0 Å². The van der Waals surface area contributed by atoms with Gasteiger partial charge in [-0.05, 0) is 59.6 Å². The Hall–Kier alpha value is -2.01. The zero-order chi connectivity index (χ0) is 15.7. The minimum Gasteiger partial charge on any atom is -0.454 e. The van der Waals surface area contributed by atoms with Crippen LogP contribution in [0.4, 0.5) is 5.69 Å². The molecule has 0 aliphatic carbocycles. The molecular formula is C17H16BrNO3. The second-order valence-electron chi connectivity index (χ2n) is 5.63. The number of hydrogen-bond donors (Lipinski definition) is 1. The lowest BCUT2D eigenvalue weighted by Gasteiger charge is -2.24. The Bertz CT molecular complexity index is 728. The third-order valence-corrected chi connectivity index (χ3v) is 4.48. The predicted octanol–water partition coefficient (Wildman–Crippen LogP) is 4.09. The van der Waals surface area contributed by atoms with E-state index in [0.717, 1.165) is 15.7 Å². The van der Waals surface area contributed by atoms with E-state index in [2.05, 4.69) is 21.2 Å². The molecule has 1 N–H and O–H groups in total. The van der Waals surface area contributed by atoms with Gasteiger partial charge in [-0.1, -0.05) is 18.2 Å². The third kappa shape index (κ3) is 2.68. The van der Waals surface area contributed by atoms with Crippen molar-refractivity contribution in [1.29, 1.82) is 0 Å². The van der Waals surface area contributed by atoms with E-state index < -0.39 is 5.41 Å². The highest BCUT2D eigenvalue weighted by Crippen LogP contribution is 2.37. The number of nitrogens with one attached hydrogen (secondary N) is 1. The van der Waals surface area contributed by atoms with Crippen LogP contribution in [0.2, 0.25) is 0 Å². The van der Waals surface area contributed by atoms with Crippen LogP contribution in [0.25, 0.3) is 0 Å². The summed E-state index contributed by atoms with van der Waals surface area (Å²) in [6.45, 7) is 4.00. The topological polar surface area (TPSA) is 47.6 Å². The molecule has 0 radical (unpaired) electrons. The van der Waals surface area contributed by atoms with E-state index in [1.165, 1.54) is 0 Å². The van der Waals surface area contributed by atoms with E-state index >= 15 is 0 Å². The number of ether oxygens (including phenoxy) is 2. The number of para-hydroxylation sites is 1. The first-order valence-electron chi connectivity index (χ1n) is 6.94. The van der Waals surface area contributed by atoms with Gasteiger partial charge >= 0.3 is 0 Å². The number of anilines is 1. The van der Waals surface area contributed by atoms with Crippen LogP contribution in [0.15, 0.2) is 46.9 Å². The van der Waals surface area contributed by atoms with Gasteiger partial charge < -0.3 is 14.8 Å². The van der Waals surface area contributed by atoms with Crippen molar-refractivity contribution >= 4 is 27.5 Å². The van der Waals surface area contributed by atoms with Gasteiger partial charge in [0.2, 0.25) is 12.7 Å². The third-order valence-electron chi connectivity index (χ3n) is 3.78. The van der Waals surface area contributed by atoms with Crippen LogP contribution >= 0.6 is 15.9 Å². The number of amides is 1. The smallest absolute Gasteiger partial charge is 0.234 e. The number of carbonyl (C=O) groups excluding carboxylic acids is 1.